The minimum absolute atomic E-state index is 0.0716. The van der Waals surface area contributed by atoms with E-state index in [-0.39, 0.29) is 16.7 Å². The molecule has 1 aromatic rings. The van der Waals surface area contributed by atoms with Crippen molar-refractivity contribution in [3.63, 3.8) is 0 Å². The number of hydrogen-bond acceptors (Lipinski definition) is 2. The van der Waals surface area contributed by atoms with Crippen LogP contribution in [0.4, 0.5) is 0 Å². The highest BCUT2D eigenvalue weighted by Crippen LogP contribution is 2.45. The number of amides is 1. The Morgan fingerprint density at radius 3 is 2.24 bits per heavy atom. The van der Waals surface area contributed by atoms with Crippen LogP contribution in [0.3, 0.4) is 0 Å². The van der Waals surface area contributed by atoms with Gasteiger partial charge < -0.3 is 9.80 Å². The molecule has 2 aliphatic rings. The van der Waals surface area contributed by atoms with E-state index < -0.39 is 0 Å². The monoisotopic (exact) mass is 306 g/mol. The molecule has 114 valence electrons. The van der Waals surface area contributed by atoms with E-state index in [2.05, 4.69) is 25.8 Å². The Hall–Kier alpha value is -1.06. The van der Waals surface area contributed by atoms with Crippen LogP contribution >= 0.6 is 11.6 Å². The van der Waals surface area contributed by atoms with Crippen LogP contribution < -0.4 is 0 Å². The van der Waals surface area contributed by atoms with Crippen LogP contribution in [0, 0.1) is 10.8 Å². The van der Waals surface area contributed by atoms with Crippen LogP contribution in [0.1, 0.15) is 30.6 Å². The molecule has 3 rings (SSSR count). The SMILES string of the molecule is CN1C[C@@]2(C)CN(C(=O)c3ccccc3Cl)C[C@](C)(C1)C2. The number of likely N-dealkylation sites (tertiary alicyclic amines) is 2. The summed E-state index contributed by atoms with van der Waals surface area (Å²) in [6.07, 6.45) is 1.19. The third-order valence-electron chi connectivity index (χ3n) is 4.69. The second-order valence-corrected chi connectivity index (χ2v) is 8.02. The van der Waals surface area contributed by atoms with Crippen LogP contribution in [0.5, 0.6) is 0 Å². The van der Waals surface area contributed by atoms with E-state index >= 15 is 0 Å². The zero-order valence-corrected chi connectivity index (χ0v) is 13.8. The molecule has 2 fully saturated rings. The van der Waals surface area contributed by atoms with E-state index in [9.17, 15) is 4.79 Å². The van der Waals surface area contributed by atoms with Crippen molar-refractivity contribution in [2.75, 3.05) is 33.2 Å². The molecule has 2 atom stereocenters. The van der Waals surface area contributed by atoms with Crippen molar-refractivity contribution in [2.24, 2.45) is 10.8 Å². The van der Waals surface area contributed by atoms with Gasteiger partial charge in [-0.25, -0.2) is 0 Å². The van der Waals surface area contributed by atoms with Crippen molar-refractivity contribution < 1.29 is 4.79 Å². The maximum Gasteiger partial charge on any atom is 0.255 e. The summed E-state index contributed by atoms with van der Waals surface area (Å²) < 4.78 is 0. The Morgan fingerprint density at radius 1 is 1.10 bits per heavy atom. The van der Waals surface area contributed by atoms with Gasteiger partial charge in [0, 0.05) is 26.2 Å². The number of rotatable bonds is 1. The Morgan fingerprint density at radius 2 is 1.67 bits per heavy atom. The maximum absolute atomic E-state index is 12.8. The Balaban J connectivity index is 1.88. The molecule has 2 aliphatic heterocycles. The van der Waals surface area contributed by atoms with Gasteiger partial charge in [-0.15, -0.1) is 0 Å². The molecule has 1 aromatic carbocycles. The lowest BCUT2D eigenvalue weighted by atomic mass is 9.65. The van der Waals surface area contributed by atoms with Crippen molar-refractivity contribution in [1.29, 1.82) is 0 Å². The molecule has 0 aromatic heterocycles. The lowest BCUT2D eigenvalue weighted by molar-refractivity contribution is -0.0554. The van der Waals surface area contributed by atoms with Gasteiger partial charge in [-0.3, -0.25) is 4.79 Å². The molecular formula is C17H23ClN2O. The van der Waals surface area contributed by atoms with Gasteiger partial charge in [0.25, 0.3) is 5.91 Å². The van der Waals surface area contributed by atoms with E-state index in [1.807, 2.05) is 23.1 Å². The van der Waals surface area contributed by atoms with Gasteiger partial charge in [0.2, 0.25) is 0 Å². The number of carbonyl (C=O) groups excluding carboxylic acids is 1. The molecule has 0 radical (unpaired) electrons. The van der Waals surface area contributed by atoms with Gasteiger partial charge >= 0.3 is 0 Å². The van der Waals surface area contributed by atoms with E-state index in [1.165, 1.54) is 6.42 Å². The van der Waals surface area contributed by atoms with Crippen molar-refractivity contribution in [3.05, 3.63) is 34.9 Å². The van der Waals surface area contributed by atoms with Gasteiger partial charge in [0.1, 0.15) is 0 Å². The van der Waals surface area contributed by atoms with Gasteiger partial charge in [-0.1, -0.05) is 37.6 Å². The van der Waals surface area contributed by atoms with Gasteiger partial charge in [-0.05, 0) is 36.4 Å². The minimum Gasteiger partial charge on any atom is -0.337 e. The molecule has 1 amide bonds. The van der Waals surface area contributed by atoms with Crippen molar-refractivity contribution >= 4 is 17.5 Å². The molecule has 3 nitrogen and oxygen atoms in total. The van der Waals surface area contributed by atoms with E-state index in [0.29, 0.717) is 10.6 Å². The molecule has 0 N–H and O–H groups in total. The third kappa shape index (κ3) is 2.82. The molecule has 0 aliphatic carbocycles. The molecule has 0 spiro atoms. The average Bonchev–Trinajstić information content (AvgIpc) is 2.34. The summed E-state index contributed by atoms with van der Waals surface area (Å²) in [6, 6.07) is 7.35. The minimum atomic E-state index is 0.0716. The van der Waals surface area contributed by atoms with Crippen LogP contribution in [0.2, 0.25) is 5.02 Å². The van der Waals surface area contributed by atoms with Gasteiger partial charge in [-0.2, -0.15) is 0 Å². The zero-order valence-electron chi connectivity index (χ0n) is 13.0. The number of benzene rings is 1. The molecule has 2 bridgehead atoms. The fourth-order valence-electron chi connectivity index (χ4n) is 4.64. The molecule has 2 saturated heterocycles. The molecular weight excluding hydrogens is 284 g/mol. The maximum atomic E-state index is 12.8. The summed E-state index contributed by atoms with van der Waals surface area (Å²) in [6.45, 7) is 8.33. The number of carbonyl (C=O) groups is 1. The van der Waals surface area contributed by atoms with E-state index in [0.717, 1.165) is 26.2 Å². The van der Waals surface area contributed by atoms with E-state index in [4.69, 9.17) is 11.6 Å². The first-order valence-electron chi connectivity index (χ1n) is 7.53. The third-order valence-corrected chi connectivity index (χ3v) is 5.02. The largest absolute Gasteiger partial charge is 0.337 e. The average molecular weight is 307 g/mol. The summed E-state index contributed by atoms with van der Waals surface area (Å²) in [5.74, 6) is 0.0716. The van der Waals surface area contributed by atoms with Crippen LogP contribution in [-0.2, 0) is 0 Å². The second kappa shape index (κ2) is 4.99. The van der Waals surface area contributed by atoms with Crippen LogP contribution in [-0.4, -0.2) is 48.9 Å². The summed E-state index contributed by atoms with van der Waals surface area (Å²) >= 11 is 6.20. The standard InChI is InChI=1S/C17H23ClN2O/c1-16-8-17(2,10-19(3)9-16)12-20(11-16)15(21)13-6-4-5-7-14(13)18/h4-7H,8-12H2,1-3H3/t16-,17-/m0/s1. The highest BCUT2D eigenvalue weighted by Gasteiger charge is 2.48. The highest BCUT2D eigenvalue weighted by atomic mass is 35.5. The molecule has 2 heterocycles. The topological polar surface area (TPSA) is 23.6 Å². The molecule has 21 heavy (non-hydrogen) atoms. The molecule has 0 unspecified atom stereocenters. The fraction of sp³-hybridized carbons (Fsp3) is 0.588. The highest BCUT2D eigenvalue weighted by molar-refractivity contribution is 6.33. The van der Waals surface area contributed by atoms with Gasteiger partial charge in [0.05, 0.1) is 10.6 Å². The summed E-state index contributed by atoms with van der Waals surface area (Å²) in [4.78, 5) is 17.3. The lowest BCUT2D eigenvalue weighted by Gasteiger charge is -2.56. The summed E-state index contributed by atoms with van der Waals surface area (Å²) in [7, 11) is 2.18. The van der Waals surface area contributed by atoms with Gasteiger partial charge in [0.15, 0.2) is 0 Å². The number of nitrogens with zero attached hydrogens (tertiary/aromatic N) is 2. The predicted octanol–water partition coefficient (Wildman–Crippen LogP) is 3.14. The first-order chi connectivity index (χ1) is 9.80. The predicted molar refractivity (Wildman–Crippen MR) is 85.7 cm³/mol. The van der Waals surface area contributed by atoms with E-state index in [1.54, 1.807) is 6.07 Å². The first-order valence-corrected chi connectivity index (χ1v) is 7.91. The first kappa shape index (κ1) is 14.9. The van der Waals surface area contributed by atoms with Crippen LogP contribution in [0.15, 0.2) is 24.3 Å². The number of hydrogen-bond donors (Lipinski definition) is 0. The smallest absolute Gasteiger partial charge is 0.255 e. The quantitative estimate of drug-likeness (QED) is 0.796. The molecule has 4 heteroatoms. The summed E-state index contributed by atoms with van der Waals surface area (Å²) in [5.41, 5.74) is 0.980. The molecule has 0 saturated carbocycles. The van der Waals surface area contributed by atoms with Crippen molar-refractivity contribution in [2.45, 2.75) is 20.3 Å². The lowest BCUT2D eigenvalue weighted by Crippen LogP contribution is -2.62. The van der Waals surface area contributed by atoms with Crippen molar-refractivity contribution in [1.82, 2.24) is 9.80 Å². The number of fused-ring (bicyclic) bond motifs is 2. The zero-order chi connectivity index (χ0) is 15.3. The number of piperidine rings is 2. The fourth-order valence-corrected chi connectivity index (χ4v) is 4.86. The van der Waals surface area contributed by atoms with Crippen molar-refractivity contribution in [3.8, 4) is 0 Å². The number of halogens is 1. The van der Waals surface area contributed by atoms with Crippen LogP contribution in [0.25, 0.3) is 0 Å². The second-order valence-electron chi connectivity index (χ2n) is 7.61. The summed E-state index contributed by atoms with van der Waals surface area (Å²) in [5, 5.41) is 0.547. The Kier molecular flexibility index (Phi) is 3.53. The Labute approximate surface area is 131 Å². The Bertz CT molecular complexity index is 556. The normalized spacial score (nSPS) is 33.0.